The van der Waals surface area contributed by atoms with Gasteiger partial charge in [0, 0.05) is 23.4 Å². The molecule has 1 aromatic rings. The molecule has 1 aromatic carbocycles. The molecule has 0 aromatic heterocycles. The van der Waals surface area contributed by atoms with E-state index in [1.807, 2.05) is 19.2 Å². The minimum Gasteiger partial charge on any atom is -0.434 e. The molecule has 0 aliphatic carbocycles. The zero-order chi connectivity index (χ0) is 13.5. The number of hydrogen-bond acceptors (Lipinski definition) is 3. The van der Waals surface area contributed by atoms with Crippen molar-refractivity contribution in [3.8, 4) is 5.75 Å². The van der Waals surface area contributed by atoms with Crippen LogP contribution in [0.4, 0.5) is 8.78 Å². The minimum atomic E-state index is -2.79. The quantitative estimate of drug-likeness (QED) is 0.820. The van der Waals surface area contributed by atoms with E-state index < -0.39 is 6.61 Å². The van der Waals surface area contributed by atoms with E-state index in [0.29, 0.717) is 6.04 Å². The molecule has 0 radical (unpaired) electrons. The Morgan fingerprint density at radius 2 is 1.94 bits per heavy atom. The van der Waals surface area contributed by atoms with Gasteiger partial charge < -0.3 is 10.1 Å². The molecule has 0 heterocycles. The second-order valence-electron chi connectivity index (χ2n) is 4.16. The van der Waals surface area contributed by atoms with Crippen molar-refractivity contribution < 1.29 is 13.5 Å². The van der Waals surface area contributed by atoms with Crippen LogP contribution in [0.25, 0.3) is 0 Å². The summed E-state index contributed by atoms with van der Waals surface area (Å²) in [7, 11) is 0. The van der Waals surface area contributed by atoms with E-state index in [1.165, 1.54) is 0 Å². The number of alkyl halides is 2. The zero-order valence-corrected chi connectivity index (χ0v) is 11.6. The van der Waals surface area contributed by atoms with Crippen LogP contribution in [-0.2, 0) is 0 Å². The van der Waals surface area contributed by atoms with Gasteiger partial charge in [-0.1, -0.05) is 18.2 Å². The van der Waals surface area contributed by atoms with Crippen molar-refractivity contribution >= 4 is 11.8 Å². The standard InChI is InChI=1S/C13H19F2NOS/c1-9(8-18-3)16-10(2)11-6-4-5-7-12(11)17-13(14)15/h4-7,9-10,13,16H,8H2,1-3H3. The summed E-state index contributed by atoms with van der Waals surface area (Å²) in [5.41, 5.74) is 0.755. The summed E-state index contributed by atoms with van der Waals surface area (Å²) in [5.74, 6) is 1.21. The van der Waals surface area contributed by atoms with Gasteiger partial charge in [0.15, 0.2) is 0 Å². The van der Waals surface area contributed by atoms with Crippen molar-refractivity contribution in [2.45, 2.75) is 32.5 Å². The van der Waals surface area contributed by atoms with Gasteiger partial charge in [-0.25, -0.2) is 0 Å². The highest BCUT2D eigenvalue weighted by molar-refractivity contribution is 7.98. The summed E-state index contributed by atoms with van der Waals surface area (Å²) < 4.78 is 29.1. The monoisotopic (exact) mass is 275 g/mol. The molecule has 0 fully saturated rings. The second kappa shape index (κ2) is 7.59. The number of hydrogen-bond donors (Lipinski definition) is 1. The number of thioether (sulfide) groups is 1. The lowest BCUT2D eigenvalue weighted by atomic mass is 10.1. The first-order valence-corrected chi connectivity index (χ1v) is 7.22. The van der Waals surface area contributed by atoms with Crippen LogP contribution in [-0.4, -0.2) is 24.7 Å². The molecule has 1 N–H and O–H groups in total. The molecule has 102 valence electrons. The van der Waals surface area contributed by atoms with Crippen molar-refractivity contribution in [3.05, 3.63) is 29.8 Å². The SMILES string of the molecule is CSCC(C)NC(C)c1ccccc1OC(F)F. The molecule has 5 heteroatoms. The first kappa shape index (κ1) is 15.2. The van der Waals surface area contributed by atoms with Crippen LogP contribution in [0.1, 0.15) is 25.5 Å². The van der Waals surface area contributed by atoms with Gasteiger partial charge in [0.05, 0.1) is 0 Å². The average Bonchev–Trinajstić information content (AvgIpc) is 2.28. The van der Waals surface area contributed by atoms with Crippen molar-refractivity contribution in [3.63, 3.8) is 0 Å². The van der Waals surface area contributed by atoms with Crippen LogP contribution >= 0.6 is 11.8 Å². The number of nitrogens with one attached hydrogen (secondary N) is 1. The predicted molar refractivity (Wildman–Crippen MR) is 72.5 cm³/mol. The van der Waals surface area contributed by atoms with E-state index in [-0.39, 0.29) is 11.8 Å². The smallest absolute Gasteiger partial charge is 0.387 e. The Labute approximate surface area is 111 Å². The Bertz CT molecular complexity index is 363. The molecule has 0 saturated carbocycles. The van der Waals surface area contributed by atoms with Gasteiger partial charge >= 0.3 is 6.61 Å². The summed E-state index contributed by atoms with van der Waals surface area (Å²) in [6.45, 7) is 1.23. The third kappa shape index (κ3) is 4.82. The number of rotatable bonds is 7. The Morgan fingerprint density at radius 3 is 2.56 bits per heavy atom. The largest absolute Gasteiger partial charge is 0.434 e. The van der Waals surface area contributed by atoms with E-state index in [1.54, 1.807) is 30.0 Å². The molecule has 0 aliphatic rings. The van der Waals surface area contributed by atoms with Gasteiger partial charge in [0.25, 0.3) is 0 Å². The van der Waals surface area contributed by atoms with Crippen LogP contribution in [0.5, 0.6) is 5.75 Å². The Morgan fingerprint density at radius 1 is 1.28 bits per heavy atom. The molecule has 2 nitrogen and oxygen atoms in total. The van der Waals surface area contributed by atoms with E-state index in [2.05, 4.69) is 17.0 Å². The minimum absolute atomic E-state index is 0.0258. The summed E-state index contributed by atoms with van der Waals surface area (Å²) in [5, 5.41) is 3.36. The lowest BCUT2D eigenvalue weighted by molar-refractivity contribution is -0.0506. The third-order valence-corrected chi connectivity index (χ3v) is 3.39. The van der Waals surface area contributed by atoms with E-state index in [9.17, 15) is 8.78 Å². The Balaban J connectivity index is 2.74. The van der Waals surface area contributed by atoms with Gasteiger partial charge in [-0.05, 0) is 26.2 Å². The molecular formula is C13H19F2NOS. The van der Waals surface area contributed by atoms with E-state index >= 15 is 0 Å². The predicted octanol–water partition coefficient (Wildman–Crippen LogP) is 3.69. The molecule has 1 rings (SSSR count). The maximum Gasteiger partial charge on any atom is 0.387 e. The molecular weight excluding hydrogens is 256 g/mol. The summed E-state index contributed by atoms with van der Waals surface area (Å²) in [4.78, 5) is 0. The first-order valence-electron chi connectivity index (χ1n) is 5.83. The summed E-state index contributed by atoms with van der Waals surface area (Å²) >= 11 is 1.75. The molecule has 2 atom stereocenters. The normalized spacial score (nSPS) is 14.6. The highest BCUT2D eigenvalue weighted by Crippen LogP contribution is 2.26. The van der Waals surface area contributed by atoms with Crippen molar-refractivity contribution in [2.24, 2.45) is 0 Å². The number of benzene rings is 1. The van der Waals surface area contributed by atoms with Crippen molar-refractivity contribution in [2.75, 3.05) is 12.0 Å². The van der Waals surface area contributed by atoms with Gasteiger partial charge in [-0.3, -0.25) is 0 Å². The van der Waals surface area contributed by atoms with E-state index in [0.717, 1.165) is 11.3 Å². The van der Waals surface area contributed by atoms with Crippen LogP contribution in [0.2, 0.25) is 0 Å². The number of para-hydroxylation sites is 1. The average molecular weight is 275 g/mol. The van der Waals surface area contributed by atoms with Gasteiger partial charge in [-0.15, -0.1) is 0 Å². The van der Waals surface area contributed by atoms with E-state index in [4.69, 9.17) is 0 Å². The number of ether oxygens (including phenoxy) is 1. The highest BCUT2D eigenvalue weighted by atomic mass is 32.2. The van der Waals surface area contributed by atoms with Crippen LogP contribution in [0.3, 0.4) is 0 Å². The summed E-state index contributed by atoms with van der Waals surface area (Å²) in [6, 6.07) is 7.18. The topological polar surface area (TPSA) is 21.3 Å². The Hall–Kier alpha value is -0.810. The molecule has 0 amide bonds. The van der Waals surface area contributed by atoms with Crippen LogP contribution < -0.4 is 10.1 Å². The van der Waals surface area contributed by atoms with Crippen LogP contribution in [0.15, 0.2) is 24.3 Å². The molecule has 0 aliphatic heterocycles. The molecule has 2 unspecified atom stereocenters. The van der Waals surface area contributed by atoms with Crippen LogP contribution in [0, 0.1) is 0 Å². The maximum atomic E-state index is 12.3. The van der Waals surface area contributed by atoms with Gasteiger partial charge in [0.2, 0.25) is 0 Å². The maximum absolute atomic E-state index is 12.3. The molecule has 18 heavy (non-hydrogen) atoms. The first-order chi connectivity index (χ1) is 8.54. The zero-order valence-electron chi connectivity index (χ0n) is 10.8. The second-order valence-corrected chi connectivity index (χ2v) is 5.07. The third-order valence-electron chi connectivity index (χ3n) is 2.55. The van der Waals surface area contributed by atoms with Gasteiger partial charge in [0.1, 0.15) is 5.75 Å². The molecule has 0 saturated heterocycles. The fourth-order valence-corrected chi connectivity index (χ4v) is 2.45. The molecule has 0 bridgehead atoms. The van der Waals surface area contributed by atoms with Crippen molar-refractivity contribution in [1.82, 2.24) is 5.32 Å². The van der Waals surface area contributed by atoms with Gasteiger partial charge in [-0.2, -0.15) is 20.5 Å². The lowest BCUT2D eigenvalue weighted by Crippen LogP contribution is -2.31. The lowest BCUT2D eigenvalue weighted by Gasteiger charge is -2.21. The fraction of sp³-hybridized carbons (Fsp3) is 0.538. The highest BCUT2D eigenvalue weighted by Gasteiger charge is 2.15. The summed E-state index contributed by atoms with van der Waals surface area (Å²) in [6.07, 6.45) is 2.04. The van der Waals surface area contributed by atoms with Crippen molar-refractivity contribution in [1.29, 1.82) is 0 Å². The number of halogens is 2. The fourth-order valence-electron chi connectivity index (χ4n) is 1.86. The Kier molecular flexibility index (Phi) is 6.43. The molecule has 0 spiro atoms.